The van der Waals surface area contributed by atoms with E-state index in [1.165, 1.54) is 6.20 Å². The second-order valence-corrected chi connectivity index (χ2v) is 2.43. The van der Waals surface area contributed by atoms with E-state index in [0.717, 1.165) is 5.69 Å². The van der Waals surface area contributed by atoms with Gasteiger partial charge in [0, 0.05) is 19.4 Å². The lowest BCUT2D eigenvalue weighted by molar-refractivity contribution is 0.0526. The van der Waals surface area contributed by atoms with E-state index >= 15 is 0 Å². The number of nitrogens with zero attached hydrogens (tertiary/aromatic N) is 1. The molecule has 0 bridgehead atoms. The molecule has 0 unspecified atom stereocenters. The molecule has 0 saturated heterocycles. The first-order chi connectivity index (χ1) is 6.27. The third-order valence-electron chi connectivity index (χ3n) is 1.54. The summed E-state index contributed by atoms with van der Waals surface area (Å²) >= 11 is 0. The summed E-state index contributed by atoms with van der Waals surface area (Å²) in [5.74, 6) is -0.341. The Labute approximate surface area is 76.9 Å². The average Bonchev–Trinajstić information content (AvgIpc) is 2.18. The van der Waals surface area contributed by atoms with Crippen molar-refractivity contribution in [1.82, 2.24) is 4.98 Å². The Bertz CT molecular complexity index is 299. The molecule has 70 valence electrons. The van der Waals surface area contributed by atoms with Gasteiger partial charge in [0.05, 0.1) is 17.9 Å². The quantitative estimate of drug-likeness (QED) is 0.712. The zero-order valence-corrected chi connectivity index (χ0v) is 7.70. The van der Waals surface area contributed by atoms with Crippen molar-refractivity contribution in [2.75, 3.05) is 19.0 Å². The molecule has 1 rings (SSSR count). The Morgan fingerprint density at radius 3 is 3.00 bits per heavy atom. The number of hydrogen-bond acceptors (Lipinski definition) is 4. The zero-order chi connectivity index (χ0) is 9.68. The fourth-order valence-corrected chi connectivity index (χ4v) is 0.903. The largest absolute Gasteiger partial charge is 0.462 e. The first-order valence-electron chi connectivity index (χ1n) is 4.08. The molecule has 0 aliphatic heterocycles. The van der Waals surface area contributed by atoms with Crippen molar-refractivity contribution >= 4 is 11.7 Å². The van der Waals surface area contributed by atoms with E-state index in [4.69, 9.17) is 4.74 Å². The van der Waals surface area contributed by atoms with Crippen LogP contribution >= 0.6 is 0 Å². The van der Waals surface area contributed by atoms with Gasteiger partial charge in [0.1, 0.15) is 0 Å². The van der Waals surface area contributed by atoms with Crippen LogP contribution in [0.25, 0.3) is 0 Å². The molecule has 4 heteroatoms. The van der Waals surface area contributed by atoms with Crippen LogP contribution in [0, 0.1) is 0 Å². The summed E-state index contributed by atoms with van der Waals surface area (Å²) in [6.07, 6.45) is 3.13. The highest BCUT2D eigenvalue weighted by Gasteiger charge is 2.06. The van der Waals surface area contributed by atoms with E-state index in [2.05, 4.69) is 10.3 Å². The van der Waals surface area contributed by atoms with E-state index in [0.29, 0.717) is 12.2 Å². The number of pyridine rings is 1. The van der Waals surface area contributed by atoms with Crippen LogP contribution in [-0.2, 0) is 4.74 Å². The van der Waals surface area contributed by atoms with E-state index in [-0.39, 0.29) is 5.97 Å². The van der Waals surface area contributed by atoms with Crippen LogP contribution < -0.4 is 5.32 Å². The number of carbonyl (C=O) groups excluding carboxylic acids is 1. The van der Waals surface area contributed by atoms with E-state index in [1.54, 1.807) is 26.2 Å². The lowest BCUT2D eigenvalue weighted by Crippen LogP contribution is -2.05. The van der Waals surface area contributed by atoms with Crippen LogP contribution in [0.15, 0.2) is 18.5 Å². The Hall–Kier alpha value is -1.58. The summed E-state index contributed by atoms with van der Waals surface area (Å²) < 4.78 is 4.82. The van der Waals surface area contributed by atoms with Crippen molar-refractivity contribution in [3.63, 3.8) is 0 Å². The monoisotopic (exact) mass is 180 g/mol. The molecule has 4 nitrogen and oxygen atoms in total. The Morgan fingerprint density at radius 1 is 1.62 bits per heavy atom. The predicted molar refractivity (Wildman–Crippen MR) is 49.7 cm³/mol. The maximum Gasteiger partial charge on any atom is 0.339 e. The number of aromatic nitrogens is 1. The number of hydrogen-bond donors (Lipinski definition) is 1. The minimum absolute atomic E-state index is 0.341. The zero-order valence-electron chi connectivity index (χ0n) is 7.70. The van der Waals surface area contributed by atoms with Gasteiger partial charge < -0.3 is 10.1 Å². The van der Waals surface area contributed by atoms with Gasteiger partial charge in [0.25, 0.3) is 0 Å². The molecule has 0 aromatic carbocycles. The highest BCUT2D eigenvalue weighted by atomic mass is 16.5. The minimum atomic E-state index is -0.341. The molecule has 1 aromatic rings. The summed E-state index contributed by atoms with van der Waals surface area (Å²) in [6.45, 7) is 2.15. The summed E-state index contributed by atoms with van der Waals surface area (Å²) in [4.78, 5) is 15.1. The summed E-state index contributed by atoms with van der Waals surface area (Å²) in [6, 6.07) is 1.70. The topological polar surface area (TPSA) is 51.2 Å². The van der Waals surface area contributed by atoms with Gasteiger partial charge in [-0.25, -0.2) is 4.79 Å². The van der Waals surface area contributed by atoms with Crippen molar-refractivity contribution in [3.8, 4) is 0 Å². The van der Waals surface area contributed by atoms with E-state index in [1.807, 2.05) is 0 Å². The molecule has 0 atom stereocenters. The lowest BCUT2D eigenvalue weighted by atomic mass is 10.2. The third kappa shape index (κ3) is 2.43. The fraction of sp³-hybridized carbons (Fsp3) is 0.333. The normalized spacial score (nSPS) is 9.38. The molecule has 0 aliphatic rings. The van der Waals surface area contributed by atoms with Gasteiger partial charge in [-0.15, -0.1) is 0 Å². The molecule has 1 N–H and O–H groups in total. The summed E-state index contributed by atoms with van der Waals surface area (Å²) in [7, 11) is 1.77. The van der Waals surface area contributed by atoms with Gasteiger partial charge in [-0.2, -0.15) is 0 Å². The molecular weight excluding hydrogens is 168 g/mol. The van der Waals surface area contributed by atoms with Gasteiger partial charge in [-0.3, -0.25) is 4.98 Å². The molecule has 1 heterocycles. The van der Waals surface area contributed by atoms with Crippen LogP contribution in [-0.4, -0.2) is 24.6 Å². The summed E-state index contributed by atoms with van der Waals surface area (Å²) in [5.41, 5.74) is 1.26. The number of carbonyl (C=O) groups is 1. The maximum atomic E-state index is 11.2. The van der Waals surface area contributed by atoms with E-state index < -0.39 is 0 Å². The highest BCUT2D eigenvalue weighted by molar-refractivity contribution is 5.89. The maximum absolute atomic E-state index is 11.2. The lowest BCUT2D eigenvalue weighted by Gasteiger charge is -2.03. The molecule has 0 aliphatic carbocycles. The van der Waals surface area contributed by atoms with Gasteiger partial charge >= 0.3 is 5.97 Å². The predicted octanol–water partition coefficient (Wildman–Crippen LogP) is 1.30. The second-order valence-electron chi connectivity index (χ2n) is 2.43. The average molecular weight is 180 g/mol. The minimum Gasteiger partial charge on any atom is -0.462 e. The van der Waals surface area contributed by atoms with Crippen LogP contribution in [0.5, 0.6) is 0 Å². The van der Waals surface area contributed by atoms with Crippen molar-refractivity contribution in [3.05, 3.63) is 24.0 Å². The number of ether oxygens (including phenoxy) is 1. The first kappa shape index (κ1) is 9.51. The van der Waals surface area contributed by atoms with Crippen LogP contribution in [0.2, 0.25) is 0 Å². The number of anilines is 1. The highest BCUT2D eigenvalue weighted by Crippen LogP contribution is 2.08. The molecule has 0 amide bonds. The summed E-state index contributed by atoms with van der Waals surface area (Å²) in [5, 5.41) is 2.89. The van der Waals surface area contributed by atoms with Crippen LogP contribution in [0.1, 0.15) is 17.3 Å². The van der Waals surface area contributed by atoms with Gasteiger partial charge in [0.15, 0.2) is 0 Å². The van der Waals surface area contributed by atoms with Gasteiger partial charge in [-0.05, 0) is 13.0 Å². The fourth-order valence-electron chi connectivity index (χ4n) is 0.903. The van der Waals surface area contributed by atoms with Gasteiger partial charge in [0.2, 0.25) is 0 Å². The first-order valence-corrected chi connectivity index (χ1v) is 4.08. The Kier molecular flexibility index (Phi) is 3.25. The van der Waals surface area contributed by atoms with Crippen LogP contribution in [0.4, 0.5) is 5.69 Å². The van der Waals surface area contributed by atoms with Crippen molar-refractivity contribution in [1.29, 1.82) is 0 Å². The SMILES string of the molecule is CCOC(=O)c1cncc(NC)c1. The molecule has 0 saturated carbocycles. The molecule has 1 aromatic heterocycles. The second kappa shape index (κ2) is 4.45. The molecule has 0 spiro atoms. The molecular formula is C9H12N2O2. The smallest absolute Gasteiger partial charge is 0.339 e. The van der Waals surface area contributed by atoms with Crippen molar-refractivity contribution in [2.45, 2.75) is 6.92 Å². The molecule has 0 fully saturated rings. The van der Waals surface area contributed by atoms with Crippen molar-refractivity contribution in [2.24, 2.45) is 0 Å². The molecule has 13 heavy (non-hydrogen) atoms. The van der Waals surface area contributed by atoms with E-state index in [9.17, 15) is 4.79 Å². The van der Waals surface area contributed by atoms with Crippen LogP contribution in [0.3, 0.4) is 0 Å². The standard InChI is InChI=1S/C9H12N2O2/c1-3-13-9(12)7-4-8(10-2)6-11-5-7/h4-6,10H,3H2,1-2H3. The Morgan fingerprint density at radius 2 is 2.38 bits per heavy atom. The molecule has 0 radical (unpaired) electrons. The Balaban J connectivity index is 2.82. The number of esters is 1. The third-order valence-corrected chi connectivity index (χ3v) is 1.54. The number of nitrogens with one attached hydrogen (secondary N) is 1. The van der Waals surface area contributed by atoms with Gasteiger partial charge in [-0.1, -0.05) is 0 Å². The van der Waals surface area contributed by atoms with Crippen molar-refractivity contribution < 1.29 is 9.53 Å². The number of rotatable bonds is 3.